The number of hydrogen-bond acceptors (Lipinski definition) is 9. The normalized spacial score (nSPS) is 13.7. The molecule has 0 aromatic carbocycles. The van der Waals surface area contributed by atoms with Gasteiger partial charge in [-0.2, -0.15) is 0 Å². The van der Waals surface area contributed by atoms with E-state index in [0.717, 1.165) is 11.1 Å². The van der Waals surface area contributed by atoms with Crippen molar-refractivity contribution in [1.29, 1.82) is 0 Å². The minimum absolute atomic E-state index is 0.134. The van der Waals surface area contributed by atoms with Crippen molar-refractivity contribution in [3.63, 3.8) is 0 Å². The van der Waals surface area contributed by atoms with Gasteiger partial charge in [0.05, 0.1) is 19.3 Å². The Morgan fingerprint density at radius 1 is 1.29 bits per heavy atom. The number of aliphatic hydroxyl groups is 1. The summed E-state index contributed by atoms with van der Waals surface area (Å²) in [5.74, 6) is 0.248. The lowest BCUT2D eigenvalue weighted by Gasteiger charge is -2.29. The van der Waals surface area contributed by atoms with Gasteiger partial charge < -0.3 is 25.4 Å². The number of nitrogens with one attached hydrogen (secondary N) is 2. The highest BCUT2D eigenvalue weighted by Crippen LogP contribution is 2.21. The zero-order valence-corrected chi connectivity index (χ0v) is 19.5. The van der Waals surface area contributed by atoms with E-state index in [9.17, 15) is 14.7 Å². The van der Waals surface area contributed by atoms with Crippen LogP contribution in [0.15, 0.2) is 30.5 Å². The molecule has 1 atom stereocenters. The van der Waals surface area contributed by atoms with Gasteiger partial charge in [-0.3, -0.25) is 9.78 Å². The summed E-state index contributed by atoms with van der Waals surface area (Å²) in [6.45, 7) is 3.47. The van der Waals surface area contributed by atoms with Gasteiger partial charge in [0.25, 0.3) is 5.91 Å². The zero-order valence-electron chi connectivity index (χ0n) is 19.5. The number of aromatic nitrogens is 6. The van der Waals surface area contributed by atoms with Crippen LogP contribution < -0.4 is 10.6 Å². The van der Waals surface area contributed by atoms with Crippen LogP contribution >= 0.6 is 0 Å². The van der Waals surface area contributed by atoms with Gasteiger partial charge in [0, 0.05) is 32.9 Å². The molecule has 0 fully saturated rings. The molecule has 35 heavy (non-hydrogen) atoms. The van der Waals surface area contributed by atoms with Gasteiger partial charge >= 0.3 is 6.03 Å². The second-order valence-electron chi connectivity index (χ2n) is 8.08. The fraction of sp³-hybridized carbons (Fsp3) is 0.409. The van der Waals surface area contributed by atoms with Gasteiger partial charge in [0.15, 0.2) is 0 Å². The summed E-state index contributed by atoms with van der Waals surface area (Å²) in [6, 6.07) is 6.28. The number of methoxy groups -OCH3 is 1. The van der Waals surface area contributed by atoms with Crippen LogP contribution in [0.2, 0.25) is 0 Å². The maximum atomic E-state index is 12.9. The number of anilines is 1. The summed E-state index contributed by atoms with van der Waals surface area (Å²) in [5.41, 5.74) is 2.54. The molecule has 3 aromatic heterocycles. The number of tetrazole rings is 1. The number of carbonyl (C=O) groups is 2. The lowest BCUT2D eigenvalue weighted by atomic mass is 10.0. The van der Waals surface area contributed by atoms with Gasteiger partial charge in [0.1, 0.15) is 17.2 Å². The lowest BCUT2D eigenvalue weighted by molar-refractivity contribution is 0.102. The van der Waals surface area contributed by atoms with E-state index in [-0.39, 0.29) is 24.4 Å². The Kier molecular flexibility index (Phi) is 7.57. The van der Waals surface area contributed by atoms with Crippen LogP contribution in [0.25, 0.3) is 11.5 Å². The van der Waals surface area contributed by atoms with Crippen molar-refractivity contribution in [3.05, 3.63) is 47.3 Å². The molecule has 0 radical (unpaired) electrons. The average molecular weight is 482 g/mol. The van der Waals surface area contributed by atoms with Crippen molar-refractivity contribution in [2.75, 3.05) is 38.7 Å². The predicted molar refractivity (Wildman–Crippen MR) is 124 cm³/mol. The molecule has 0 saturated heterocycles. The van der Waals surface area contributed by atoms with Crippen LogP contribution in [0.3, 0.4) is 0 Å². The first-order valence-electron chi connectivity index (χ1n) is 11.2. The van der Waals surface area contributed by atoms with E-state index in [2.05, 4.69) is 36.1 Å². The number of fused-ring (bicyclic) bond motifs is 1. The van der Waals surface area contributed by atoms with Gasteiger partial charge in [-0.1, -0.05) is 6.07 Å². The van der Waals surface area contributed by atoms with Crippen molar-refractivity contribution < 1.29 is 19.4 Å². The van der Waals surface area contributed by atoms with Crippen molar-refractivity contribution >= 4 is 17.8 Å². The van der Waals surface area contributed by atoms with Crippen molar-refractivity contribution in [2.45, 2.75) is 25.9 Å². The molecule has 184 valence electrons. The first kappa shape index (κ1) is 24.2. The number of pyridine rings is 2. The molecule has 0 bridgehead atoms. The second kappa shape index (κ2) is 11.0. The van der Waals surface area contributed by atoms with Crippen LogP contribution in [0.4, 0.5) is 10.6 Å². The summed E-state index contributed by atoms with van der Waals surface area (Å²) in [7, 11) is 1.58. The molecule has 3 N–H and O–H groups in total. The maximum absolute atomic E-state index is 12.9. The molecular weight excluding hydrogens is 454 g/mol. The Balaban J connectivity index is 1.46. The number of ether oxygens (including phenoxy) is 1. The van der Waals surface area contributed by atoms with E-state index < -0.39 is 5.91 Å². The highest BCUT2D eigenvalue weighted by Gasteiger charge is 2.22. The molecule has 13 nitrogen and oxygen atoms in total. The van der Waals surface area contributed by atoms with Gasteiger partial charge in [-0.25, -0.2) is 14.5 Å². The predicted octanol–water partition coefficient (Wildman–Crippen LogP) is 0.650. The smallest absolute Gasteiger partial charge is 0.317 e. The van der Waals surface area contributed by atoms with Gasteiger partial charge in [-0.15, -0.1) is 5.10 Å². The van der Waals surface area contributed by atoms with Crippen LogP contribution in [0.1, 0.15) is 34.6 Å². The third-order valence-corrected chi connectivity index (χ3v) is 5.59. The van der Waals surface area contributed by atoms with Crippen LogP contribution in [-0.4, -0.2) is 85.5 Å². The van der Waals surface area contributed by atoms with E-state index in [4.69, 9.17) is 4.74 Å². The van der Waals surface area contributed by atoms with E-state index in [1.807, 2.05) is 0 Å². The van der Waals surface area contributed by atoms with E-state index in [1.165, 1.54) is 4.68 Å². The summed E-state index contributed by atoms with van der Waals surface area (Å²) in [5, 5.41) is 26.5. The largest absolute Gasteiger partial charge is 0.394 e. The second-order valence-corrected chi connectivity index (χ2v) is 8.08. The molecule has 0 spiro atoms. The summed E-state index contributed by atoms with van der Waals surface area (Å²) in [6.07, 6.45) is 2.34. The third kappa shape index (κ3) is 5.58. The standard InChI is InChI=1S/C22H27N9O4/c1-14(13-32)31-20(27-28-29-31)17-4-3-5-19(25-17)26-21(33)18-10-16-12-30(8-6-15(16)11-24-18)22(34)23-7-9-35-2/h3-5,10-11,14,32H,6-9,12-13H2,1-2H3,(H,23,34)(H,25,26,33)/t14-/m1/s1. The van der Waals surface area contributed by atoms with E-state index in [0.29, 0.717) is 50.0 Å². The molecule has 13 heteroatoms. The number of aliphatic hydroxyl groups excluding tert-OH is 1. The minimum Gasteiger partial charge on any atom is -0.394 e. The highest BCUT2D eigenvalue weighted by molar-refractivity contribution is 6.02. The monoisotopic (exact) mass is 481 g/mol. The molecule has 3 amide bonds. The third-order valence-electron chi connectivity index (χ3n) is 5.59. The molecule has 4 heterocycles. The number of carbonyl (C=O) groups excluding carboxylic acids is 2. The van der Waals surface area contributed by atoms with Crippen LogP contribution in [0.5, 0.6) is 0 Å². The minimum atomic E-state index is -0.428. The van der Waals surface area contributed by atoms with Gasteiger partial charge in [0.2, 0.25) is 5.82 Å². The highest BCUT2D eigenvalue weighted by atomic mass is 16.5. The summed E-state index contributed by atoms with van der Waals surface area (Å²) >= 11 is 0. The first-order valence-corrected chi connectivity index (χ1v) is 11.2. The zero-order chi connectivity index (χ0) is 24.8. The molecule has 1 aliphatic heterocycles. The molecule has 4 rings (SSSR count). The maximum Gasteiger partial charge on any atom is 0.317 e. The summed E-state index contributed by atoms with van der Waals surface area (Å²) in [4.78, 5) is 35.7. The molecule has 3 aromatic rings. The van der Waals surface area contributed by atoms with Crippen molar-refractivity contribution in [3.8, 4) is 11.5 Å². The first-order chi connectivity index (χ1) is 17.0. The number of hydrogen-bond donors (Lipinski definition) is 3. The Hall–Kier alpha value is -3.97. The Bertz CT molecular complexity index is 1200. The number of amides is 3. The fourth-order valence-electron chi connectivity index (χ4n) is 3.65. The molecular formula is C22H27N9O4. The number of urea groups is 1. The SMILES string of the molecule is COCCNC(=O)N1CCc2cnc(C(=O)Nc3cccc(-c4nnnn4[C@H](C)CO)n3)cc2C1. The van der Waals surface area contributed by atoms with Gasteiger partial charge in [-0.05, 0) is 53.1 Å². The Labute approximate surface area is 201 Å². The van der Waals surface area contributed by atoms with Crippen LogP contribution in [0, 0.1) is 0 Å². The Morgan fingerprint density at radius 3 is 2.94 bits per heavy atom. The fourth-order valence-corrected chi connectivity index (χ4v) is 3.65. The quantitative estimate of drug-likeness (QED) is 0.392. The van der Waals surface area contributed by atoms with Crippen molar-refractivity contribution in [1.82, 2.24) is 40.4 Å². The van der Waals surface area contributed by atoms with E-state index in [1.54, 1.807) is 49.4 Å². The molecule has 0 saturated carbocycles. The summed E-state index contributed by atoms with van der Waals surface area (Å²) < 4.78 is 6.43. The average Bonchev–Trinajstić information content (AvgIpc) is 3.38. The molecule has 0 aliphatic carbocycles. The topological polar surface area (TPSA) is 160 Å². The van der Waals surface area contributed by atoms with E-state index >= 15 is 0 Å². The van der Waals surface area contributed by atoms with Crippen molar-refractivity contribution in [2.24, 2.45) is 0 Å². The number of nitrogens with zero attached hydrogens (tertiary/aromatic N) is 7. The molecule has 0 unspecified atom stereocenters. The number of rotatable bonds is 8. The Morgan fingerprint density at radius 2 is 2.14 bits per heavy atom. The lowest BCUT2D eigenvalue weighted by Crippen LogP contribution is -2.43. The molecule has 1 aliphatic rings. The van der Waals surface area contributed by atoms with Crippen LogP contribution in [-0.2, 0) is 17.7 Å².